The molecule has 0 fully saturated rings. The van der Waals surface area contributed by atoms with Crippen LogP contribution in [0.5, 0.6) is 0 Å². The molecule has 0 aromatic carbocycles. The minimum absolute atomic E-state index is 0.0459. The van der Waals surface area contributed by atoms with Gasteiger partial charge in [0.1, 0.15) is 0 Å². The van der Waals surface area contributed by atoms with E-state index in [9.17, 15) is 4.79 Å². The second-order valence-corrected chi connectivity index (χ2v) is 2.76. The summed E-state index contributed by atoms with van der Waals surface area (Å²) in [5.74, 6) is 0.0973. The summed E-state index contributed by atoms with van der Waals surface area (Å²) >= 11 is 4.30. The van der Waals surface area contributed by atoms with E-state index >= 15 is 0 Å². The van der Waals surface area contributed by atoms with Crippen LogP contribution in [0.4, 0.5) is 0 Å². The van der Waals surface area contributed by atoms with Gasteiger partial charge >= 0.3 is 0 Å². The van der Waals surface area contributed by atoms with Crippen molar-refractivity contribution in [1.29, 1.82) is 0 Å². The van der Waals surface area contributed by atoms with Gasteiger partial charge in [-0.3, -0.25) is 4.79 Å². The van der Waals surface area contributed by atoms with Crippen LogP contribution in [0.3, 0.4) is 0 Å². The Labute approximate surface area is 66.3 Å². The molecule has 2 nitrogen and oxygen atoms in total. The summed E-state index contributed by atoms with van der Waals surface area (Å²) < 4.78 is 0. The topological polar surface area (TPSA) is 29.4 Å². The summed E-state index contributed by atoms with van der Waals surface area (Å²) in [5.41, 5.74) is 0. The highest BCUT2D eigenvalue weighted by Crippen LogP contribution is 2.10. The van der Waals surface area contributed by atoms with Crippen molar-refractivity contribution >= 4 is 23.3 Å². The minimum Gasteiger partial charge on any atom is -0.272 e. The third-order valence-corrected chi connectivity index (χ3v) is 1.64. The smallest absolute Gasteiger partial charge is 0.257 e. The molecule has 0 aromatic heterocycles. The SMILES string of the molecule is CC(C)C(C)C(=O)N=C=S. The summed E-state index contributed by atoms with van der Waals surface area (Å²) in [6, 6.07) is 0. The number of rotatable bonds is 2. The predicted octanol–water partition coefficient (Wildman–Crippen LogP) is 1.91. The molecule has 0 rings (SSSR count). The number of amides is 1. The van der Waals surface area contributed by atoms with E-state index in [2.05, 4.69) is 22.4 Å². The molecule has 0 aliphatic heterocycles. The van der Waals surface area contributed by atoms with E-state index in [-0.39, 0.29) is 11.8 Å². The maximum Gasteiger partial charge on any atom is 0.257 e. The number of hydrogen-bond acceptors (Lipinski definition) is 2. The maximum absolute atomic E-state index is 10.9. The lowest BCUT2D eigenvalue weighted by atomic mass is 9.98. The first-order chi connectivity index (χ1) is 4.59. The molecule has 0 bridgehead atoms. The van der Waals surface area contributed by atoms with Gasteiger partial charge in [-0.2, -0.15) is 4.99 Å². The van der Waals surface area contributed by atoms with Gasteiger partial charge in [-0.1, -0.05) is 20.8 Å². The highest BCUT2D eigenvalue weighted by Gasteiger charge is 2.14. The summed E-state index contributed by atoms with van der Waals surface area (Å²) in [6.45, 7) is 5.78. The van der Waals surface area contributed by atoms with Gasteiger partial charge in [0, 0.05) is 5.92 Å². The Bertz CT molecular complexity index is 170. The number of nitrogens with zero attached hydrogens (tertiary/aromatic N) is 1. The standard InChI is InChI=1S/C7H11NOS/c1-5(2)6(3)7(9)8-4-10/h5-6H,1-3H3. The lowest BCUT2D eigenvalue weighted by Crippen LogP contribution is -2.13. The highest BCUT2D eigenvalue weighted by atomic mass is 32.1. The predicted molar refractivity (Wildman–Crippen MR) is 44.0 cm³/mol. The number of aliphatic imine (C=N–C) groups is 1. The zero-order valence-corrected chi connectivity index (χ0v) is 7.23. The van der Waals surface area contributed by atoms with E-state index in [1.807, 2.05) is 20.8 Å². The van der Waals surface area contributed by atoms with Gasteiger partial charge < -0.3 is 0 Å². The molecule has 0 saturated heterocycles. The Balaban J connectivity index is 4.07. The number of carbonyl (C=O) groups is 1. The van der Waals surface area contributed by atoms with Crippen molar-refractivity contribution in [1.82, 2.24) is 0 Å². The quantitative estimate of drug-likeness (QED) is 0.452. The fraction of sp³-hybridized carbons (Fsp3) is 0.714. The van der Waals surface area contributed by atoms with Crippen LogP contribution in [0.2, 0.25) is 0 Å². The molecule has 3 heteroatoms. The van der Waals surface area contributed by atoms with Gasteiger partial charge in [0.15, 0.2) is 0 Å². The molecule has 0 heterocycles. The van der Waals surface area contributed by atoms with Crippen molar-refractivity contribution < 1.29 is 4.79 Å². The first kappa shape index (κ1) is 9.47. The molecular weight excluding hydrogens is 146 g/mol. The molecule has 0 aliphatic rings. The monoisotopic (exact) mass is 157 g/mol. The molecule has 0 aliphatic carbocycles. The summed E-state index contributed by atoms with van der Waals surface area (Å²) in [7, 11) is 0. The van der Waals surface area contributed by atoms with Crippen LogP contribution >= 0.6 is 12.2 Å². The Morgan fingerprint density at radius 2 is 2.00 bits per heavy atom. The van der Waals surface area contributed by atoms with Crippen molar-refractivity contribution in [3.8, 4) is 0 Å². The third kappa shape index (κ3) is 2.85. The van der Waals surface area contributed by atoms with E-state index in [0.717, 1.165) is 0 Å². The van der Waals surface area contributed by atoms with Crippen LogP contribution in [0.1, 0.15) is 20.8 Å². The zero-order chi connectivity index (χ0) is 8.15. The van der Waals surface area contributed by atoms with Crippen LogP contribution in [-0.2, 0) is 4.79 Å². The number of carbonyl (C=O) groups excluding carboxylic acids is 1. The average molecular weight is 157 g/mol. The second kappa shape index (κ2) is 4.31. The van der Waals surface area contributed by atoms with E-state index in [4.69, 9.17) is 0 Å². The average Bonchev–Trinajstić information content (AvgIpc) is 1.87. The van der Waals surface area contributed by atoms with Gasteiger partial charge in [-0.25, -0.2) is 0 Å². The van der Waals surface area contributed by atoms with E-state index in [1.165, 1.54) is 0 Å². The first-order valence-electron chi connectivity index (χ1n) is 3.21. The summed E-state index contributed by atoms with van der Waals surface area (Å²) in [4.78, 5) is 14.3. The van der Waals surface area contributed by atoms with E-state index in [1.54, 1.807) is 0 Å². The molecular formula is C7H11NOS. The fourth-order valence-electron chi connectivity index (χ4n) is 0.432. The molecule has 56 valence electrons. The third-order valence-electron chi connectivity index (χ3n) is 1.55. The number of hydrogen-bond donors (Lipinski definition) is 0. The Morgan fingerprint density at radius 3 is 2.30 bits per heavy atom. The van der Waals surface area contributed by atoms with Crippen LogP contribution in [0, 0.1) is 11.8 Å². The van der Waals surface area contributed by atoms with Crippen LogP contribution in [-0.4, -0.2) is 11.1 Å². The fourth-order valence-corrected chi connectivity index (χ4v) is 0.522. The molecule has 1 atom stereocenters. The lowest BCUT2D eigenvalue weighted by Gasteiger charge is -2.08. The van der Waals surface area contributed by atoms with Crippen LogP contribution in [0.25, 0.3) is 0 Å². The van der Waals surface area contributed by atoms with Crippen molar-refractivity contribution in [2.24, 2.45) is 16.8 Å². The van der Waals surface area contributed by atoms with Crippen molar-refractivity contribution in [3.05, 3.63) is 0 Å². The molecule has 0 radical (unpaired) electrons. The number of isothiocyanates is 1. The normalized spacial score (nSPS) is 12.4. The van der Waals surface area contributed by atoms with Crippen molar-refractivity contribution in [3.63, 3.8) is 0 Å². The Morgan fingerprint density at radius 1 is 1.50 bits per heavy atom. The van der Waals surface area contributed by atoms with Gasteiger partial charge in [-0.05, 0) is 18.1 Å². The van der Waals surface area contributed by atoms with Crippen molar-refractivity contribution in [2.75, 3.05) is 0 Å². The number of thiocarbonyl (C=S) groups is 1. The summed E-state index contributed by atoms with van der Waals surface area (Å²) in [5, 5.41) is 2.06. The largest absolute Gasteiger partial charge is 0.272 e. The molecule has 0 saturated carbocycles. The minimum atomic E-state index is -0.176. The summed E-state index contributed by atoms with van der Waals surface area (Å²) in [6.07, 6.45) is 0. The Hall–Kier alpha value is -0.530. The van der Waals surface area contributed by atoms with Gasteiger partial charge in [0.2, 0.25) is 0 Å². The molecule has 1 amide bonds. The Kier molecular flexibility index (Phi) is 4.08. The van der Waals surface area contributed by atoms with Crippen molar-refractivity contribution in [2.45, 2.75) is 20.8 Å². The van der Waals surface area contributed by atoms with Crippen LogP contribution < -0.4 is 0 Å². The van der Waals surface area contributed by atoms with Gasteiger partial charge in [-0.15, -0.1) is 0 Å². The molecule has 1 unspecified atom stereocenters. The van der Waals surface area contributed by atoms with Gasteiger partial charge in [0.25, 0.3) is 5.91 Å². The van der Waals surface area contributed by atoms with E-state index in [0.29, 0.717) is 5.92 Å². The second-order valence-electron chi connectivity index (χ2n) is 2.57. The van der Waals surface area contributed by atoms with Gasteiger partial charge in [0.05, 0.1) is 5.16 Å². The molecule has 10 heavy (non-hydrogen) atoms. The van der Waals surface area contributed by atoms with E-state index < -0.39 is 0 Å². The molecule has 0 N–H and O–H groups in total. The maximum atomic E-state index is 10.9. The zero-order valence-electron chi connectivity index (χ0n) is 6.42. The lowest BCUT2D eigenvalue weighted by molar-refractivity contribution is -0.122. The highest BCUT2D eigenvalue weighted by molar-refractivity contribution is 7.78. The molecule has 0 aromatic rings. The van der Waals surface area contributed by atoms with Crippen LogP contribution in [0.15, 0.2) is 4.99 Å². The first-order valence-corrected chi connectivity index (χ1v) is 3.62. The molecule has 0 spiro atoms.